The molecule has 1 unspecified atom stereocenters. The quantitative estimate of drug-likeness (QED) is 0.205. The Labute approximate surface area is 178 Å². The molecule has 0 bridgehead atoms. The predicted octanol–water partition coefficient (Wildman–Crippen LogP) is 5.05. The molecule has 0 amide bonds. The van der Waals surface area contributed by atoms with Crippen LogP contribution in [0.1, 0.15) is 25.8 Å². The number of aromatic nitrogens is 1. The highest BCUT2D eigenvalue weighted by atomic mass is 31.0. The first-order chi connectivity index (χ1) is 14.1. The lowest BCUT2D eigenvalue weighted by Crippen LogP contribution is -2.04. The van der Waals surface area contributed by atoms with Gasteiger partial charge < -0.3 is 11.5 Å². The van der Waals surface area contributed by atoms with E-state index in [-0.39, 0.29) is 0 Å². The summed E-state index contributed by atoms with van der Waals surface area (Å²) in [6, 6.07) is 3.75. The third-order valence-electron chi connectivity index (χ3n) is 3.01. The number of allylic oxidation sites excluding steroid dienone is 6. The fourth-order valence-corrected chi connectivity index (χ4v) is 2.05. The zero-order valence-corrected chi connectivity index (χ0v) is 18.7. The van der Waals surface area contributed by atoms with Crippen LogP contribution in [0.2, 0.25) is 0 Å². The second-order valence-corrected chi connectivity index (χ2v) is 5.34. The summed E-state index contributed by atoms with van der Waals surface area (Å²) in [5.41, 5.74) is 14.2. The van der Waals surface area contributed by atoms with Crippen molar-refractivity contribution in [2.45, 2.75) is 20.3 Å². The van der Waals surface area contributed by atoms with E-state index in [0.29, 0.717) is 18.8 Å². The van der Waals surface area contributed by atoms with Crippen LogP contribution in [0.4, 0.5) is 4.39 Å². The van der Waals surface area contributed by atoms with Gasteiger partial charge >= 0.3 is 0 Å². The molecular formula is C23H34FN4P. The minimum Gasteiger partial charge on any atom is -0.383 e. The van der Waals surface area contributed by atoms with Gasteiger partial charge in [-0.3, -0.25) is 4.98 Å². The van der Waals surface area contributed by atoms with Gasteiger partial charge in [-0.05, 0) is 47.8 Å². The molecule has 0 saturated carbocycles. The topological polar surface area (TPSA) is 77.3 Å². The number of pyridine rings is 1. The monoisotopic (exact) mass is 416 g/mol. The average molecular weight is 417 g/mol. The Morgan fingerprint density at radius 3 is 2.24 bits per heavy atom. The van der Waals surface area contributed by atoms with Crippen LogP contribution < -0.4 is 11.5 Å². The highest BCUT2D eigenvalue weighted by molar-refractivity contribution is 7.22. The zero-order valence-electron chi connectivity index (χ0n) is 17.5. The van der Waals surface area contributed by atoms with Crippen LogP contribution in [-0.4, -0.2) is 24.9 Å². The summed E-state index contributed by atoms with van der Waals surface area (Å²) < 4.78 is 12.2. The number of terminal acetylenes is 1. The highest BCUT2D eigenvalue weighted by Gasteiger charge is 2.10. The number of nitrogens with two attached hydrogens (primary N) is 2. The Morgan fingerprint density at radius 1 is 1.24 bits per heavy atom. The molecule has 158 valence electrons. The summed E-state index contributed by atoms with van der Waals surface area (Å²) >= 11 is 0. The Morgan fingerprint density at radius 2 is 1.79 bits per heavy atom. The lowest BCUT2D eigenvalue weighted by molar-refractivity contribution is 0.561. The van der Waals surface area contributed by atoms with Crippen LogP contribution in [0.3, 0.4) is 0 Å². The Hall–Kier alpha value is -2.80. The SMILES string of the molecule is C#C.C=C.C=N/C(N)=C(\C=C(\P)CN)C(=C/C/C=C\CF)/c1ccncc1.CC. The number of hydrogen-bond donors (Lipinski definition) is 2. The van der Waals surface area contributed by atoms with Crippen molar-refractivity contribution in [3.8, 4) is 12.8 Å². The molecule has 1 aromatic heterocycles. The number of aliphatic imine (C=N–C) groups is 1. The summed E-state index contributed by atoms with van der Waals surface area (Å²) in [5, 5.41) is 0.880. The lowest BCUT2D eigenvalue weighted by Gasteiger charge is -2.12. The van der Waals surface area contributed by atoms with Gasteiger partial charge in [0.1, 0.15) is 12.5 Å². The summed E-state index contributed by atoms with van der Waals surface area (Å²) in [4.78, 5) is 7.87. The van der Waals surface area contributed by atoms with Crippen LogP contribution in [0.25, 0.3) is 5.57 Å². The molecule has 0 aliphatic rings. The largest absolute Gasteiger partial charge is 0.383 e. The standard InChI is InChI=1S/C17H22FN4P.C2H6.C2H4.C2H2/c1-21-17(20)16(11-14(23)12-19)15(5-3-2-4-8-18)13-6-9-22-10-7-13;3*1-2/h2,4-7,9-11H,1,3,8,12,19-20,23H2;1-2H3;1-2H2;1-2H/b4-2-,14-11+,15-5+,17-16+;;;. The maximum absolute atomic E-state index is 12.2. The van der Waals surface area contributed by atoms with Crippen LogP contribution in [0, 0.1) is 12.8 Å². The average Bonchev–Trinajstić information content (AvgIpc) is 2.81. The molecule has 0 spiro atoms. The van der Waals surface area contributed by atoms with Crippen molar-refractivity contribution < 1.29 is 4.39 Å². The molecule has 4 nitrogen and oxygen atoms in total. The first-order valence-electron chi connectivity index (χ1n) is 8.91. The third kappa shape index (κ3) is 13.9. The fourth-order valence-electron chi connectivity index (χ4n) is 1.88. The van der Waals surface area contributed by atoms with Crippen LogP contribution in [0.15, 0.2) is 83.7 Å². The van der Waals surface area contributed by atoms with Crippen molar-refractivity contribution in [3.05, 3.63) is 84.3 Å². The van der Waals surface area contributed by atoms with Crippen LogP contribution in [0.5, 0.6) is 0 Å². The Balaban J connectivity index is -0.00000103. The second-order valence-electron chi connectivity index (χ2n) is 4.60. The smallest absolute Gasteiger partial charge is 0.130 e. The number of rotatable bonds is 8. The molecule has 0 aliphatic heterocycles. The molecule has 4 N–H and O–H groups in total. The van der Waals surface area contributed by atoms with Crippen molar-refractivity contribution in [2.24, 2.45) is 16.5 Å². The van der Waals surface area contributed by atoms with Gasteiger partial charge in [-0.25, -0.2) is 9.38 Å². The molecule has 0 aliphatic carbocycles. The van der Waals surface area contributed by atoms with Gasteiger partial charge in [0.15, 0.2) is 0 Å². The Kier molecular flexibility index (Phi) is 24.8. The van der Waals surface area contributed by atoms with Gasteiger partial charge in [0.2, 0.25) is 0 Å². The van der Waals surface area contributed by atoms with Crippen molar-refractivity contribution >= 4 is 21.5 Å². The van der Waals surface area contributed by atoms with E-state index in [4.69, 9.17) is 11.5 Å². The van der Waals surface area contributed by atoms with E-state index in [1.165, 1.54) is 6.08 Å². The summed E-state index contributed by atoms with van der Waals surface area (Å²) in [5.74, 6) is 0.302. The van der Waals surface area contributed by atoms with Gasteiger partial charge in [-0.1, -0.05) is 32.1 Å². The summed E-state index contributed by atoms with van der Waals surface area (Å²) in [6.45, 7) is 13.4. The van der Waals surface area contributed by atoms with Crippen molar-refractivity contribution in [1.82, 2.24) is 4.98 Å². The number of halogens is 1. The zero-order chi connectivity index (χ0) is 23.1. The predicted molar refractivity (Wildman–Crippen MR) is 132 cm³/mol. The molecule has 6 heteroatoms. The van der Waals surface area contributed by atoms with Gasteiger partial charge in [0, 0.05) is 24.5 Å². The minimum absolute atomic E-state index is 0.302. The second kappa shape index (κ2) is 23.2. The molecule has 0 fully saturated rings. The molecule has 0 saturated heterocycles. The van der Waals surface area contributed by atoms with Gasteiger partial charge in [0.05, 0.1) is 0 Å². The number of hydrogen-bond acceptors (Lipinski definition) is 4. The molecule has 1 atom stereocenters. The molecule has 1 rings (SSSR count). The van der Waals surface area contributed by atoms with E-state index in [1.807, 2.05) is 38.1 Å². The number of nitrogens with zero attached hydrogens (tertiary/aromatic N) is 2. The maximum Gasteiger partial charge on any atom is 0.130 e. The first-order valence-corrected chi connectivity index (χ1v) is 9.49. The summed E-state index contributed by atoms with van der Waals surface area (Å²) in [7, 11) is 2.57. The fraction of sp³-hybridized carbons (Fsp3) is 0.217. The third-order valence-corrected chi connectivity index (χ3v) is 3.41. The Bertz CT molecular complexity index is 689. The molecule has 1 aromatic rings. The number of alkyl halides is 1. The van der Waals surface area contributed by atoms with E-state index in [9.17, 15) is 4.39 Å². The van der Waals surface area contributed by atoms with Crippen molar-refractivity contribution in [3.63, 3.8) is 0 Å². The molecule has 1 heterocycles. The summed E-state index contributed by atoms with van der Waals surface area (Å²) in [6.07, 6.45) is 19.0. The van der Waals surface area contributed by atoms with Gasteiger partial charge in [0.25, 0.3) is 0 Å². The van der Waals surface area contributed by atoms with E-state index in [0.717, 1.165) is 22.0 Å². The highest BCUT2D eigenvalue weighted by Crippen LogP contribution is 2.28. The first kappa shape index (κ1) is 30.9. The molecule has 0 radical (unpaired) electrons. The van der Waals surface area contributed by atoms with Crippen molar-refractivity contribution in [2.75, 3.05) is 13.2 Å². The van der Waals surface area contributed by atoms with Gasteiger partial charge in [-0.2, -0.15) is 0 Å². The van der Waals surface area contributed by atoms with Gasteiger partial charge in [-0.15, -0.1) is 35.2 Å². The van der Waals surface area contributed by atoms with E-state index in [1.54, 1.807) is 18.5 Å². The minimum atomic E-state index is -0.486. The molecular weight excluding hydrogens is 382 g/mol. The van der Waals surface area contributed by atoms with Crippen molar-refractivity contribution in [1.29, 1.82) is 0 Å². The van der Waals surface area contributed by atoms with E-state index >= 15 is 0 Å². The van der Waals surface area contributed by atoms with Crippen LogP contribution in [-0.2, 0) is 0 Å². The van der Waals surface area contributed by atoms with Crippen LogP contribution >= 0.6 is 9.24 Å². The van der Waals surface area contributed by atoms with E-state index < -0.39 is 6.67 Å². The molecule has 0 aromatic carbocycles. The maximum atomic E-state index is 12.2. The normalized spacial score (nSPS) is 11.6. The van der Waals surface area contributed by atoms with E-state index in [2.05, 4.69) is 51.9 Å². The lowest BCUT2D eigenvalue weighted by atomic mass is 9.96. The molecule has 29 heavy (non-hydrogen) atoms.